The van der Waals surface area contributed by atoms with E-state index >= 15 is 0 Å². The number of nitrogens with zero attached hydrogens (tertiary/aromatic N) is 1. The fourth-order valence-corrected chi connectivity index (χ4v) is 1.84. The second-order valence-corrected chi connectivity index (χ2v) is 4.66. The highest BCUT2D eigenvalue weighted by molar-refractivity contribution is 5.93. The highest BCUT2D eigenvalue weighted by atomic mass is 16.1. The molecule has 0 amide bonds. The molecule has 1 aromatic heterocycles. The number of H-pyrrole nitrogens is 1. The second-order valence-electron chi connectivity index (χ2n) is 4.66. The molecule has 84 valence electrons. The van der Waals surface area contributed by atoms with Gasteiger partial charge < -0.3 is 4.98 Å². The molecule has 0 aromatic carbocycles. The molecule has 1 heterocycles. The third-order valence-corrected chi connectivity index (χ3v) is 2.54. The van der Waals surface area contributed by atoms with E-state index in [9.17, 15) is 4.79 Å². The number of aromatic amines is 1. The van der Waals surface area contributed by atoms with Crippen molar-refractivity contribution in [3.63, 3.8) is 0 Å². The van der Waals surface area contributed by atoms with Gasteiger partial charge in [-0.1, -0.05) is 20.8 Å². The van der Waals surface area contributed by atoms with E-state index in [1.54, 1.807) is 12.5 Å². The molecule has 0 fully saturated rings. The van der Waals surface area contributed by atoms with Crippen molar-refractivity contribution in [2.24, 2.45) is 11.8 Å². The maximum Gasteiger partial charge on any atom is 0.180 e. The number of nitrogens with one attached hydrogen (secondary N) is 1. The van der Waals surface area contributed by atoms with E-state index in [4.69, 9.17) is 0 Å². The molecular weight excluding hydrogens is 188 g/mol. The normalized spacial score (nSPS) is 13.1. The number of ketones is 1. The molecule has 3 nitrogen and oxygen atoms in total. The minimum absolute atomic E-state index is 0.170. The van der Waals surface area contributed by atoms with Crippen LogP contribution in [0.2, 0.25) is 0 Å². The lowest BCUT2D eigenvalue weighted by atomic mass is 9.93. The summed E-state index contributed by atoms with van der Waals surface area (Å²) in [5.41, 5.74) is 0.631. The third kappa shape index (κ3) is 4.28. The van der Waals surface area contributed by atoms with Crippen molar-refractivity contribution in [1.82, 2.24) is 9.97 Å². The molecule has 0 spiro atoms. The highest BCUT2D eigenvalue weighted by Gasteiger charge is 2.10. The summed E-state index contributed by atoms with van der Waals surface area (Å²) in [4.78, 5) is 18.3. The Kier molecular flexibility index (Phi) is 4.53. The highest BCUT2D eigenvalue weighted by Crippen LogP contribution is 2.17. The summed E-state index contributed by atoms with van der Waals surface area (Å²) < 4.78 is 0. The monoisotopic (exact) mass is 208 g/mol. The van der Waals surface area contributed by atoms with Crippen molar-refractivity contribution in [2.45, 2.75) is 40.0 Å². The first-order valence-electron chi connectivity index (χ1n) is 5.61. The molecule has 1 aromatic rings. The standard InChI is InChI=1S/C12H20N2O/c1-9(2)6-10(3)4-5-12(15)11-7-13-8-14-11/h7-10H,4-6H2,1-3H3,(H,13,14). The van der Waals surface area contributed by atoms with Crippen molar-refractivity contribution in [2.75, 3.05) is 0 Å². The molecule has 0 saturated carbocycles. The number of aromatic nitrogens is 2. The molecule has 0 aliphatic carbocycles. The summed E-state index contributed by atoms with van der Waals surface area (Å²) in [5.74, 6) is 1.50. The van der Waals surface area contributed by atoms with Gasteiger partial charge >= 0.3 is 0 Å². The van der Waals surface area contributed by atoms with E-state index in [1.807, 2.05) is 0 Å². The third-order valence-electron chi connectivity index (χ3n) is 2.54. The smallest absolute Gasteiger partial charge is 0.180 e. The van der Waals surface area contributed by atoms with Gasteiger partial charge in [0.05, 0.1) is 12.5 Å². The van der Waals surface area contributed by atoms with Crippen LogP contribution in [0.5, 0.6) is 0 Å². The van der Waals surface area contributed by atoms with Crippen molar-refractivity contribution < 1.29 is 4.79 Å². The number of carbonyl (C=O) groups is 1. The molecule has 1 rings (SSSR count). The quantitative estimate of drug-likeness (QED) is 0.730. The van der Waals surface area contributed by atoms with Gasteiger partial charge in [-0.25, -0.2) is 4.98 Å². The molecule has 3 heteroatoms. The number of hydrogen-bond acceptors (Lipinski definition) is 2. The topological polar surface area (TPSA) is 45.8 Å². The van der Waals surface area contributed by atoms with Gasteiger partial charge in [-0.15, -0.1) is 0 Å². The zero-order chi connectivity index (χ0) is 11.3. The van der Waals surface area contributed by atoms with Gasteiger partial charge in [0.1, 0.15) is 5.69 Å². The Morgan fingerprint density at radius 2 is 2.20 bits per heavy atom. The summed E-state index contributed by atoms with van der Waals surface area (Å²) >= 11 is 0. The van der Waals surface area contributed by atoms with Crippen LogP contribution in [-0.4, -0.2) is 15.8 Å². The molecule has 0 aliphatic rings. The maximum atomic E-state index is 11.6. The lowest BCUT2D eigenvalue weighted by molar-refractivity contribution is 0.0968. The van der Waals surface area contributed by atoms with Crippen LogP contribution in [0.15, 0.2) is 12.5 Å². The van der Waals surface area contributed by atoms with Gasteiger partial charge in [0.2, 0.25) is 0 Å². The van der Waals surface area contributed by atoms with Crippen molar-refractivity contribution in [3.8, 4) is 0 Å². The fourth-order valence-electron chi connectivity index (χ4n) is 1.84. The molecule has 1 N–H and O–H groups in total. The van der Waals surface area contributed by atoms with Crippen LogP contribution in [-0.2, 0) is 0 Å². The van der Waals surface area contributed by atoms with Gasteiger partial charge in [-0.2, -0.15) is 0 Å². The molecular formula is C12H20N2O. The van der Waals surface area contributed by atoms with Crippen LogP contribution in [0, 0.1) is 11.8 Å². The molecule has 0 saturated heterocycles. The van der Waals surface area contributed by atoms with Gasteiger partial charge in [0.15, 0.2) is 5.78 Å². The summed E-state index contributed by atoms with van der Waals surface area (Å²) in [6, 6.07) is 0. The largest absolute Gasteiger partial charge is 0.342 e. The first kappa shape index (κ1) is 12.0. The van der Waals surface area contributed by atoms with Crippen LogP contribution in [0.1, 0.15) is 50.5 Å². The molecule has 1 unspecified atom stereocenters. The lowest BCUT2D eigenvalue weighted by Gasteiger charge is -2.12. The first-order chi connectivity index (χ1) is 7.09. The van der Waals surface area contributed by atoms with E-state index < -0.39 is 0 Å². The van der Waals surface area contributed by atoms with E-state index in [1.165, 1.54) is 6.42 Å². The molecule has 0 aliphatic heterocycles. The zero-order valence-electron chi connectivity index (χ0n) is 9.79. The van der Waals surface area contributed by atoms with E-state index in [0.717, 1.165) is 6.42 Å². The molecule has 0 bridgehead atoms. The average Bonchev–Trinajstić information content (AvgIpc) is 2.65. The van der Waals surface area contributed by atoms with Gasteiger partial charge in [0, 0.05) is 6.42 Å². The Labute approximate surface area is 91.3 Å². The summed E-state index contributed by atoms with van der Waals surface area (Å²) in [6.07, 6.45) is 5.92. The van der Waals surface area contributed by atoms with Crippen molar-refractivity contribution in [1.29, 1.82) is 0 Å². The Morgan fingerprint density at radius 1 is 1.47 bits per heavy atom. The van der Waals surface area contributed by atoms with Crippen LogP contribution in [0.3, 0.4) is 0 Å². The van der Waals surface area contributed by atoms with Gasteiger partial charge in [-0.3, -0.25) is 4.79 Å². The van der Waals surface area contributed by atoms with E-state index in [0.29, 0.717) is 24.0 Å². The number of hydrogen-bond donors (Lipinski definition) is 1. The van der Waals surface area contributed by atoms with Crippen LogP contribution in [0.25, 0.3) is 0 Å². The predicted octanol–water partition coefficient (Wildman–Crippen LogP) is 3.05. The maximum absolute atomic E-state index is 11.6. The molecule has 15 heavy (non-hydrogen) atoms. The number of Topliss-reactive ketones (excluding diaryl/α,β-unsaturated/α-hetero) is 1. The number of rotatable bonds is 6. The van der Waals surface area contributed by atoms with Gasteiger partial charge in [0.25, 0.3) is 0 Å². The summed E-state index contributed by atoms with van der Waals surface area (Å²) in [7, 11) is 0. The Balaban J connectivity index is 2.28. The predicted molar refractivity (Wildman–Crippen MR) is 60.8 cm³/mol. The van der Waals surface area contributed by atoms with Crippen molar-refractivity contribution in [3.05, 3.63) is 18.2 Å². The minimum atomic E-state index is 0.170. The SMILES string of the molecule is CC(C)CC(C)CCC(=O)c1cnc[nH]1. The van der Waals surface area contributed by atoms with Crippen LogP contribution in [0.4, 0.5) is 0 Å². The molecule has 0 radical (unpaired) electrons. The Morgan fingerprint density at radius 3 is 2.73 bits per heavy atom. The van der Waals surface area contributed by atoms with Crippen LogP contribution >= 0.6 is 0 Å². The van der Waals surface area contributed by atoms with Crippen molar-refractivity contribution >= 4 is 5.78 Å². The summed E-state index contributed by atoms with van der Waals surface area (Å²) in [6.45, 7) is 6.64. The minimum Gasteiger partial charge on any atom is -0.342 e. The average molecular weight is 208 g/mol. The lowest BCUT2D eigenvalue weighted by Crippen LogP contribution is -2.05. The Bertz CT molecular complexity index is 291. The first-order valence-corrected chi connectivity index (χ1v) is 5.61. The fraction of sp³-hybridized carbons (Fsp3) is 0.667. The number of imidazole rings is 1. The zero-order valence-corrected chi connectivity index (χ0v) is 9.79. The van der Waals surface area contributed by atoms with Gasteiger partial charge in [-0.05, 0) is 24.7 Å². The summed E-state index contributed by atoms with van der Waals surface area (Å²) in [5, 5.41) is 0. The Hall–Kier alpha value is -1.12. The second kappa shape index (κ2) is 5.69. The number of carbonyl (C=O) groups excluding carboxylic acids is 1. The van der Waals surface area contributed by atoms with Crippen LogP contribution < -0.4 is 0 Å². The van der Waals surface area contributed by atoms with E-state index in [2.05, 4.69) is 30.7 Å². The molecule has 1 atom stereocenters. The van der Waals surface area contributed by atoms with E-state index in [-0.39, 0.29) is 5.78 Å².